The van der Waals surface area contributed by atoms with Crippen molar-refractivity contribution in [2.75, 3.05) is 20.7 Å². The summed E-state index contributed by atoms with van der Waals surface area (Å²) < 4.78 is 45.6. The van der Waals surface area contributed by atoms with E-state index in [1.54, 1.807) is 20.9 Å². The fourth-order valence-electron chi connectivity index (χ4n) is 1.67. The molecule has 1 atom stereocenters. The van der Waals surface area contributed by atoms with Gasteiger partial charge in [-0.25, -0.2) is 17.5 Å². The largest absolute Gasteiger partial charge is 0.380 e. The highest BCUT2D eigenvalue weighted by atomic mass is 32.2. The molecular weight excluding hydrogens is 283 g/mol. The lowest BCUT2D eigenvalue weighted by molar-refractivity contribution is 0.122. The van der Waals surface area contributed by atoms with E-state index in [-0.39, 0.29) is 29.9 Å². The molecule has 1 rings (SSSR count). The van der Waals surface area contributed by atoms with Crippen LogP contribution >= 0.6 is 0 Å². The lowest BCUT2D eigenvalue weighted by Gasteiger charge is -2.13. The maximum atomic E-state index is 13.9. The van der Waals surface area contributed by atoms with E-state index < -0.39 is 10.0 Å². The topological polar surface area (TPSA) is 67.4 Å². The van der Waals surface area contributed by atoms with E-state index in [4.69, 9.17) is 4.74 Å². The van der Waals surface area contributed by atoms with E-state index >= 15 is 0 Å². The lowest BCUT2D eigenvalue weighted by Crippen LogP contribution is -2.31. The summed E-state index contributed by atoms with van der Waals surface area (Å²) in [6.07, 6.45) is -0.233. The second kappa shape index (κ2) is 7.12. The summed E-state index contributed by atoms with van der Waals surface area (Å²) in [5, 5.41) is 2.81. The number of aryl methyl sites for hydroxylation is 1. The summed E-state index contributed by atoms with van der Waals surface area (Å²) in [7, 11) is -0.489. The van der Waals surface area contributed by atoms with E-state index in [1.807, 2.05) is 0 Å². The van der Waals surface area contributed by atoms with Crippen LogP contribution in [0, 0.1) is 12.7 Å². The number of sulfonamides is 1. The molecule has 1 unspecified atom stereocenters. The number of benzene rings is 1. The highest BCUT2D eigenvalue weighted by molar-refractivity contribution is 7.89. The van der Waals surface area contributed by atoms with Gasteiger partial charge in [0.25, 0.3) is 0 Å². The van der Waals surface area contributed by atoms with Crippen LogP contribution in [0.3, 0.4) is 0 Å². The molecule has 114 valence electrons. The Balaban J connectivity index is 3.06. The molecule has 0 saturated carbocycles. The van der Waals surface area contributed by atoms with Crippen molar-refractivity contribution in [1.29, 1.82) is 0 Å². The molecule has 0 aromatic heterocycles. The maximum Gasteiger partial charge on any atom is 0.240 e. The summed E-state index contributed by atoms with van der Waals surface area (Å²) in [6.45, 7) is 3.73. The first-order valence-corrected chi connectivity index (χ1v) is 7.76. The average Bonchev–Trinajstić information content (AvgIpc) is 2.41. The first kappa shape index (κ1) is 17.0. The summed E-state index contributed by atoms with van der Waals surface area (Å²) in [5.74, 6) is -0.386. The second-order valence-electron chi connectivity index (χ2n) is 4.64. The van der Waals surface area contributed by atoms with Crippen LogP contribution in [0.2, 0.25) is 0 Å². The van der Waals surface area contributed by atoms with E-state index in [2.05, 4.69) is 10.0 Å². The van der Waals surface area contributed by atoms with Gasteiger partial charge in [-0.3, -0.25) is 0 Å². The Morgan fingerprint density at radius 3 is 2.60 bits per heavy atom. The van der Waals surface area contributed by atoms with Gasteiger partial charge in [0.15, 0.2) is 0 Å². The number of nitrogens with one attached hydrogen (secondary N) is 2. The van der Waals surface area contributed by atoms with Gasteiger partial charge in [-0.1, -0.05) is 0 Å². The molecule has 0 radical (unpaired) electrons. The molecule has 0 spiro atoms. The lowest BCUT2D eigenvalue weighted by atomic mass is 10.1. The standard InChI is InChI=1S/C13H21FN2O3S/c1-9-5-12(6-11(8-15-3)13(9)14)20(17,18)16-7-10(2)19-4/h5-6,10,15-16H,7-8H2,1-4H3. The number of methoxy groups -OCH3 is 1. The molecule has 1 aromatic carbocycles. The predicted molar refractivity (Wildman–Crippen MR) is 75.6 cm³/mol. The van der Waals surface area contributed by atoms with E-state index in [9.17, 15) is 12.8 Å². The van der Waals surface area contributed by atoms with Crippen LogP contribution in [0.5, 0.6) is 0 Å². The maximum absolute atomic E-state index is 13.9. The molecule has 0 aliphatic heterocycles. The number of hydrogen-bond donors (Lipinski definition) is 2. The molecule has 5 nitrogen and oxygen atoms in total. The van der Waals surface area contributed by atoms with Crippen LogP contribution in [0.4, 0.5) is 4.39 Å². The number of ether oxygens (including phenoxy) is 1. The molecule has 0 aliphatic rings. The van der Waals surface area contributed by atoms with Gasteiger partial charge in [-0.15, -0.1) is 0 Å². The SMILES string of the molecule is CNCc1cc(S(=O)(=O)NCC(C)OC)cc(C)c1F. The normalized spacial score (nSPS) is 13.4. The minimum absolute atomic E-state index is 0.0601. The van der Waals surface area contributed by atoms with Gasteiger partial charge in [0.1, 0.15) is 5.82 Å². The van der Waals surface area contributed by atoms with Crippen LogP contribution in [-0.4, -0.2) is 35.2 Å². The van der Waals surface area contributed by atoms with Gasteiger partial charge in [-0.2, -0.15) is 0 Å². The average molecular weight is 304 g/mol. The van der Waals surface area contributed by atoms with E-state index in [1.165, 1.54) is 19.2 Å². The number of halogens is 1. The van der Waals surface area contributed by atoms with Crippen molar-refractivity contribution < 1.29 is 17.5 Å². The Bertz CT molecular complexity index is 561. The van der Waals surface area contributed by atoms with E-state index in [0.29, 0.717) is 11.1 Å². The van der Waals surface area contributed by atoms with E-state index in [0.717, 1.165) is 0 Å². The zero-order chi connectivity index (χ0) is 15.3. The molecule has 0 bridgehead atoms. The van der Waals surface area contributed by atoms with Gasteiger partial charge in [0.05, 0.1) is 11.0 Å². The molecule has 0 saturated heterocycles. The van der Waals surface area contributed by atoms with Gasteiger partial charge < -0.3 is 10.1 Å². The second-order valence-corrected chi connectivity index (χ2v) is 6.41. The fraction of sp³-hybridized carbons (Fsp3) is 0.538. The first-order valence-electron chi connectivity index (χ1n) is 6.28. The van der Waals surface area contributed by atoms with Crippen LogP contribution < -0.4 is 10.0 Å². The predicted octanol–water partition coefficient (Wildman–Crippen LogP) is 1.17. The van der Waals surface area contributed by atoms with Gasteiger partial charge in [-0.05, 0) is 38.6 Å². The minimum Gasteiger partial charge on any atom is -0.380 e. The molecule has 7 heteroatoms. The van der Waals surface area contributed by atoms with Crippen molar-refractivity contribution in [2.45, 2.75) is 31.4 Å². The van der Waals surface area contributed by atoms with Crippen molar-refractivity contribution >= 4 is 10.0 Å². The first-order chi connectivity index (χ1) is 9.31. The smallest absolute Gasteiger partial charge is 0.240 e. The molecule has 0 fully saturated rings. The third-order valence-electron chi connectivity index (χ3n) is 2.94. The molecule has 0 heterocycles. The summed E-state index contributed by atoms with van der Waals surface area (Å²) in [6, 6.07) is 2.67. The van der Waals surface area contributed by atoms with Crippen molar-refractivity contribution in [1.82, 2.24) is 10.0 Å². The van der Waals surface area contributed by atoms with Gasteiger partial charge in [0.2, 0.25) is 10.0 Å². The Labute approximate surface area is 119 Å². The highest BCUT2D eigenvalue weighted by Crippen LogP contribution is 2.19. The Kier molecular flexibility index (Phi) is 6.07. The summed E-state index contributed by atoms with van der Waals surface area (Å²) >= 11 is 0. The van der Waals surface area contributed by atoms with Crippen molar-refractivity contribution in [3.63, 3.8) is 0 Å². The van der Waals surface area contributed by atoms with Crippen molar-refractivity contribution in [2.24, 2.45) is 0 Å². The highest BCUT2D eigenvalue weighted by Gasteiger charge is 2.18. The molecule has 0 amide bonds. The van der Waals surface area contributed by atoms with Crippen LogP contribution in [-0.2, 0) is 21.3 Å². The van der Waals surface area contributed by atoms with Crippen LogP contribution in [0.25, 0.3) is 0 Å². The number of hydrogen-bond acceptors (Lipinski definition) is 4. The van der Waals surface area contributed by atoms with Gasteiger partial charge in [0, 0.05) is 25.8 Å². The minimum atomic E-state index is -3.67. The quantitative estimate of drug-likeness (QED) is 0.793. The zero-order valence-corrected chi connectivity index (χ0v) is 13.0. The summed E-state index contributed by atoms with van der Waals surface area (Å²) in [4.78, 5) is 0.0601. The Morgan fingerprint density at radius 2 is 2.05 bits per heavy atom. The van der Waals surface area contributed by atoms with Crippen LogP contribution in [0.1, 0.15) is 18.1 Å². The fourth-order valence-corrected chi connectivity index (χ4v) is 2.92. The molecule has 20 heavy (non-hydrogen) atoms. The molecule has 0 aliphatic carbocycles. The third kappa shape index (κ3) is 4.24. The molecule has 2 N–H and O–H groups in total. The monoisotopic (exact) mass is 304 g/mol. The van der Waals surface area contributed by atoms with Crippen molar-refractivity contribution in [3.05, 3.63) is 29.1 Å². The zero-order valence-electron chi connectivity index (χ0n) is 12.2. The van der Waals surface area contributed by atoms with Crippen LogP contribution in [0.15, 0.2) is 17.0 Å². The Morgan fingerprint density at radius 1 is 1.40 bits per heavy atom. The van der Waals surface area contributed by atoms with Crippen molar-refractivity contribution in [3.8, 4) is 0 Å². The Hall–Kier alpha value is -1.02. The summed E-state index contributed by atoms with van der Waals surface area (Å²) in [5.41, 5.74) is 0.630. The molecular formula is C13H21FN2O3S. The third-order valence-corrected chi connectivity index (χ3v) is 4.35. The number of rotatable bonds is 7. The molecule has 1 aromatic rings. The van der Waals surface area contributed by atoms with Gasteiger partial charge >= 0.3 is 0 Å².